The van der Waals surface area contributed by atoms with Gasteiger partial charge in [-0.3, -0.25) is 0 Å². The molecule has 1 fully saturated rings. The summed E-state index contributed by atoms with van der Waals surface area (Å²) in [6.45, 7) is 3.64. The van der Waals surface area contributed by atoms with Crippen molar-refractivity contribution in [1.29, 1.82) is 0 Å². The van der Waals surface area contributed by atoms with Crippen LogP contribution in [0.4, 0.5) is 20.4 Å². The van der Waals surface area contributed by atoms with E-state index in [0.29, 0.717) is 19.7 Å². The third kappa shape index (κ3) is 3.56. The van der Waals surface area contributed by atoms with Crippen LogP contribution in [0.2, 0.25) is 0 Å². The lowest BCUT2D eigenvalue weighted by Crippen LogP contribution is -2.31. The molecule has 0 spiro atoms. The Morgan fingerprint density at radius 3 is 2.75 bits per heavy atom. The van der Waals surface area contributed by atoms with Gasteiger partial charge in [-0.15, -0.1) is 0 Å². The van der Waals surface area contributed by atoms with Crippen LogP contribution in [0.25, 0.3) is 0 Å². The molecule has 4 nitrogen and oxygen atoms in total. The minimum absolute atomic E-state index is 0.117. The predicted molar refractivity (Wildman–Crippen MR) is 75.2 cm³/mol. The molecule has 1 saturated carbocycles. The highest BCUT2D eigenvalue weighted by atomic mass is 19.1. The van der Waals surface area contributed by atoms with Crippen molar-refractivity contribution in [2.24, 2.45) is 0 Å². The molecule has 1 heterocycles. The molecule has 0 unspecified atom stereocenters. The first-order valence-corrected chi connectivity index (χ1v) is 7.02. The van der Waals surface area contributed by atoms with Crippen molar-refractivity contribution < 1.29 is 13.5 Å². The first kappa shape index (κ1) is 15.0. The van der Waals surface area contributed by atoms with Crippen LogP contribution >= 0.6 is 0 Å². The number of nitrogens with one attached hydrogen (secondary N) is 1. The molecule has 0 atom stereocenters. The number of anilines is 2. The van der Waals surface area contributed by atoms with E-state index in [1.807, 2.05) is 11.8 Å². The summed E-state index contributed by atoms with van der Waals surface area (Å²) in [6, 6.07) is 1.19. The largest absolute Gasteiger partial charge is 0.383 e. The van der Waals surface area contributed by atoms with Crippen molar-refractivity contribution in [3.05, 3.63) is 17.7 Å². The lowest BCUT2D eigenvalue weighted by atomic mass is 10.3. The zero-order valence-corrected chi connectivity index (χ0v) is 12.0. The Balaban J connectivity index is 2.23. The van der Waals surface area contributed by atoms with Gasteiger partial charge in [-0.05, 0) is 19.3 Å². The third-order valence-electron chi connectivity index (χ3n) is 3.25. The number of rotatable bonds is 8. The minimum atomic E-state index is -0.651. The maximum atomic E-state index is 14.0. The monoisotopic (exact) mass is 285 g/mol. The van der Waals surface area contributed by atoms with E-state index in [0.717, 1.165) is 25.3 Å². The molecule has 0 bridgehead atoms. The molecule has 1 aromatic rings. The first-order valence-electron chi connectivity index (χ1n) is 7.02. The van der Waals surface area contributed by atoms with Gasteiger partial charge in [0.1, 0.15) is 0 Å². The molecule has 1 aliphatic rings. The lowest BCUT2D eigenvalue weighted by Gasteiger charge is -2.24. The minimum Gasteiger partial charge on any atom is -0.383 e. The fourth-order valence-electron chi connectivity index (χ4n) is 2.06. The quantitative estimate of drug-likeness (QED) is 0.797. The van der Waals surface area contributed by atoms with Gasteiger partial charge < -0.3 is 15.0 Å². The van der Waals surface area contributed by atoms with Gasteiger partial charge in [-0.1, -0.05) is 6.92 Å². The number of hydrogen-bond donors (Lipinski definition) is 1. The van der Waals surface area contributed by atoms with Gasteiger partial charge in [0.15, 0.2) is 23.3 Å². The topological polar surface area (TPSA) is 37.4 Å². The van der Waals surface area contributed by atoms with E-state index in [9.17, 15) is 8.78 Å². The molecule has 2 rings (SSSR count). The van der Waals surface area contributed by atoms with E-state index >= 15 is 0 Å². The number of pyridine rings is 1. The van der Waals surface area contributed by atoms with Crippen LogP contribution in [0.15, 0.2) is 6.07 Å². The Labute approximate surface area is 118 Å². The van der Waals surface area contributed by atoms with Gasteiger partial charge in [0.25, 0.3) is 0 Å². The Morgan fingerprint density at radius 1 is 1.40 bits per heavy atom. The number of ether oxygens (including phenoxy) is 1. The standard InChI is InChI=1S/C14H21F2N3O/c1-3-6-17-13-11(15)9-12(16)14(18-13)19(7-8-20-2)10-4-5-10/h9-10H,3-8H2,1-2H3,(H,17,18). The molecular weight excluding hydrogens is 264 g/mol. The van der Waals surface area contributed by atoms with Gasteiger partial charge in [0, 0.05) is 32.3 Å². The van der Waals surface area contributed by atoms with Gasteiger partial charge in [-0.25, -0.2) is 13.8 Å². The molecule has 1 N–H and O–H groups in total. The second-order valence-corrected chi connectivity index (χ2v) is 4.97. The van der Waals surface area contributed by atoms with Crippen molar-refractivity contribution in [3.63, 3.8) is 0 Å². The van der Waals surface area contributed by atoms with Crippen molar-refractivity contribution in [2.45, 2.75) is 32.2 Å². The van der Waals surface area contributed by atoms with E-state index < -0.39 is 11.6 Å². The number of halogens is 2. The number of nitrogens with zero attached hydrogens (tertiary/aromatic N) is 2. The van der Waals surface area contributed by atoms with E-state index in [1.54, 1.807) is 7.11 Å². The van der Waals surface area contributed by atoms with Crippen molar-refractivity contribution in [3.8, 4) is 0 Å². The average molecular weight is 285 g/mol. The maximum Gasteiger partial charge on any atom is 0.168 e. The van der Waals surface area contributed by atoms with Crippen molar-refractivity contribution in [2.75, 3.05) is 37.0 Å². The Hall–Kier alpha value is -1.43. The molecular formula is C14H21F2N3O. The highest BCUT2D eigenvalue weighted by Crippen LogP contribution is 2.33. The Bertz CT molecular complexity index is 452. The van der Waals surface area contributed by atoms with E-state index in [1.165, 1.54) is 0 Å². The van der Waals surface area contributed by atoms with Crippen LogP contribution in [0.5, 0.6) is 0 Å². The summed E-state index contributed by atoms with van der Waals surface area (Å²) in [5, 5.41) is 2.89. The highest BCUT2D eigenvalue weighted by Gasteiger charge is 2.32. The summed E-state index contributed by atoms with van der Waals surface area (Å²) in [7, 11) is 1.60. The van der Waals surface area contributed by atoms with Crippen LogP contribution in [0.3, 0.4) is 0 Å². The molecule has 6 heteroatoms. The summed E-state index contributed by atoms with van der Waals surface area (Å²) >= 11 is 0. The summed E-state index contributed by atoms with van der Waals surface area (Å²) in [4.78, 5) is 6.00. The predicted octanol–water partition coefficient (Wildman–Crippen LogP) is 2.80. The van der Waals surface area contributed by atoms with Crippen LogP contribution in [-0.4, -0.2) is 37.8 Å². The summed E-state index contributed by atoms with van der Waals surface area (Å²) in [6.07, 6.45) is 2.88. The fraction of sp³-hybridized carbons (Fsp3) is 0.643. The maximum absolute atomic E-state index is 14.0. The Morgan fingerprint density at radius 2 is 2.15 bits per heavy atom. The van der Waals surface area contributed by atoms with E-state index in [2.05, 4.69) is 10.3 Å². The molecule has 0 aliphatic heterocycles. The van der Waals surface area contributed by atoms with Crippen molar-refractivity contribution >= 4 is 11.6 Å². The second kappa shape index (κ2) is 6.83. The van der Waals surface area contributed by atoms with E-state index in [-0.39, 0.29) is 17.7 Å². The lowest BCUT2D eigenvalue weighted by molar-refractivity contribution is 0.204. The summed E-state index contributed by atoms with van der Waals surface area (Å²) < 4.78 is 32.7. The van der Waals surface area contributed by atoms with Gasteiger partial charge in [-0.2, -0.15) is 0 Å². The van der Waals surface area contributed by atoms with Crippen LogP contribution < -0.4 is 10.2 Å². The summed E-state index contributed by atoms with van der Waals surface area (Å²) in [5.74, 6) is -0.939. The van der Waals surface area contributed by atoms with Gasteiger partial charge in [0.05, 0.1) is 6.61 Å². The van der Waals surface area contributed by atoms with Gasteiger partial charge >= 0.3 is 0 Å². The molecule has 20 heavy (non-hydrogen) atoms. The molecule has 0 amide bonds. The normalized spacial score (nSPS) is 14.4. The second-order valence-electron chi connectivity index (χ2n) is 4.97. The van der Waals surface area contributed by atoms with Crippen LogP contribution in [0, 0.1) is 11.6 Å². The SMILES string of the molecule is CCCNc1nc(N(CCOC)C2CC2)c(F)cc1F. The van der Waals surface area contributed by atoms with Gasteiger partial charge in [0.2, 0.25) is 0 Å². The third-order valence-corrected chi connectivity index (χ3v) is 3.25. The number of aromatic nitrogens is 1. The molecule has 0 radical (unpaired) electrons. The highest BCUT2D eigenvalue weighted by molar-refractivity contribution is 5.50. The molecule has 0 saturated heterocycles. The molecule has 1 aromatic heterocycles. The molecule has 112 valence electrons. The first-order chi connectivity index (χ1) is 9.67. The molecule has 1 aliphatic carbocycles. The van der Waals surface area contributed by atoms with E-state index in [4.69, 9.17) is 4.74 Å². The van der Waals surface area contributed by atoms with Crippen LogP contribution in [-0.2, 0) is 4.74 Å². The average Bonchev–Trinajstić information content (AvgIpc) is 3.24. The fourth-order valence-corrected chi connectivity index (χ4v) is 2.06. The smallest absolute Gasteiger partial charge is 0.168 e. The summed E-state index contributed by atoms with van der Waals surface area (Å²) in [5.41, 5.74) is 0. The number of hydrogen-bond acceptors (Lipinski definition) is 4. The zero-order valence-electron chi connectivity index (χ0n) is 12.0. The molecule has 0 aromatic carbocycles. The van der Waals surface area contributed by atoms with Crippen LogP contribution in [0.1, 0.15) is 26.2 Å². The Kier molecular flexibility index (Phi) is 5.11. The number of methoxy groups -OCH3 is 1. The van der Waals surface area contributed by atoms with Crippen molar-refractivity contribution in [1.82, 2.24) is 4.98 Å². The zero-order chi connectivity index (χ0) is 14.5.